The van der Waals surface area contributed by atoms with Crippen LogP contribution in [0.3, 0.4) is 0 Å². The number of fused-ring (bicyclic) bond motifs is 1. The average molecular weight is 404 g/mol. The lowest BCUT2D eigenvalue weighted by Crippen LogP contribution is -2.20. The van der Waals surface area contributed by atoms with Gasteiger partial charge in [-0.1, -0.05) is 18.2 Å². The van der Waals surface area contributed by atoms with Crippen molar-refractivity contribution in [2.75, 3.05) is 0 Å². The molecule has 150 valence electrons. The van der Waals surface area contributed by atoms with Gasteiger partial charge in [0, 0.05) is 54.5 Å². The fourth-order valence-corrected chi connectivity index (χ4v) is 4.15. The van der Waals surface area contributed by atoms with Gasteiger partial charge in [0.2, 0.25) is 0 Å². The minimum Gasteiger partial charge on any atom is -0.311 e. The van der Waals surface area contributed by atoms with Crippen molar-refractivity contribution in [3.63, 3.8) is 0 Å². The van der Waals surface area contributed by atoms with Crippen LogP contribution in [0.5, 0.6) is 0 Å². The van der Waals surface area contributed by atoms with E-state index in [2.05, 4.69) is 34.0 Å². The smallest absolute Gasteiger partial charge is 0.259 e. The van der Waals surface area contributed by atoms with Crippen LogP contribution in [0.2, 0.25) is 0 Å². The summed E-state index contributed by atoms with van der Waals surface area (Å²) in [5.41, 5.74) is 7.07. The Hall–Kier alpha value is -4.12. The van der Waals surface area contributed by atoms with Crippen molar-refractivity contribution < 1.29 is 0 Å². The second kappa shape index (κ2) is 7.61. The Kier molecular flexibility index (Phi) is 4.64. The van der Waals surface area contributed by atoms with Crippen LogP contribution in [-0.4, -0.2) is 19.5 Å². The maximum Gasteiger partial charge on any atom is 0.259 e. The zero-order chi connectivity index (χ0) is 21.4. The van der Waals surface area contributed by atoms with Gasteiger partial charge in [0.25, 0.3) is 5.56 Å². The highest BCUT2D eigenvalue weighted by Gasteiger charge is 2.21. The number of aryl methyl sites for hydroxylation is 2. The van der Waals surface area contributed by atoms with Crippen LogP contribution in [0.4, 0.5) is 0 Å². The molecule has 5 heteroatoms. The van der Waals surface area contributed by atoms with E-state index in [9.17, 15) is 4.79 Å². The predicted octanol–water partition coefficient (Wildman–Crippen LogP) is 5.03. The Bertz CT molecular complexity index is 1460. The molecule has 0 unspecified atom stereocenters. The number of benzene rings is 1. The molecule has 0 fully saturated rings. The topological polar surface area (TPSA) is 60.7 Å². The maximum atomic E-state index is 13.6. The van der Waals surface area contributed by atoms with Crippen LogP contribution < -0.4 is 5.56 Å². The fraction of sp³-hybridized carbons (Fsp3) is 0.0769. The van der Waals surface area contributed by atoms with E-state index in [4.69, 9.17) is 0 Å². The summed E-state index contributed by atoms with van der Waals surface area (Å²) in [5.74, 6) is 0. The summed E-state index contributed by atoms with van der Waals surface area (Å²) >= 11 is 0. The molecule has 0 saturated carbocycles. The number of nitrogens with zero attached hydrogens (tertiary/aromatic N) is 4. The van der Waals surface area contributed by atoms with Gasteiger partial charge in [0.1, 0.15) is 0 Å². The number of hydrogen-bond acceptors (Lipinski definition) is 4. The Labute approximate surface area is 179 Å². The Balaban J connectivity index is 2.04. The molecule has 0 saturated heterocycles. The molecule has 4 aromatic heterocycles. The lowest BCUT2D eigenvalue weighted by Gasteiger charge is -2.19. The Morgan fingerprint density at radius 1 is 0.742 bits per heavy atom. The number of rotatable bonds is 3. The van der Waals surface area contributed by atoms with Gasteiger partial charge in [0.15, 0.2) is 0 Å². The lowest BCUT2D eigenvalue weighted by atomic mass is 9.89. The van der Waals surface area contributed by atoms with Gasteiger partial charge in [-0.3, -0.25) is 19.7 Å². The molecule has 5 nitrogen and oxygen atoms in total. The third-order valence-electron chi connectivity index (χ3n) is 5.62. The molecule has 0 N–H and O–H groups in total. The molecule has 4 heterocycles. The summed E-state index contributed by atoms with van der Waals surface area (Å²) in [6, 6.07) is 17.7. The van der Waals surface area contributed by atoms with Crippen molar-refractivity contribution in [2.45, 2.75) is 6.92 Å². The monoisotopic (exact) mass is 404 g/mol. The van der Waals surface area contributed by atoms with Gasteiger partial charge >= 0.3 is 0 Å². The molecular formula is C26H20N4O. The molecule has 0 atom stereocenters. The lowest BCUT2D eigenvalue weighted by molar-refractivity contribution is 0.909. The second-order valence-corrected chi connectivity index (χ2v) is 7.45. The van der Waals surface area contributed by atoms with Gasteiger partial charge in [0.05, 0.1) is 16.8 Å². The first kappa shape index (κ1) is 18.9. The van der Waals surface area contributed by atoms with Crippen molar-refractivity contribution in [1.82, 2.24) is 19.5 Å². The van der Waals surface area contributed by atoms with Gasteiger partial charge in [-0.2, -0.15) is 0 Å². The molecular weight excluding hydrogens is 384 g/mol. The van der Waals surface area contributed by atoms with E-state index in [0.29, 0.717) is 5.56 Å². The largest absolute Gasteiger partial charge is 0.311 e. The van der Waals surface area contributed by atoms with Crippen LogP contribution >= 0.6 is 0 Å². The van der Waals surface area contributed by atoms with E-state index in [-0.39, 0.29) is 5.56 Å². The van der Waals surface area contributed by atoms with Crippen molar-refractivity contribution in [1.29, 1.82) is 0 Å². The molecule has 0 aliphatic rings. The van der Waals surface area contributed by atoms with Gasteiger partial charge < -0.3 is 4.57 Å². The van der Waals surface area contributed by atoms with Gasteiger partial charge in [-0.05, 0) is 60.0 Å². The maximum absolute atomic E-state index is 13.6. The molecule has 5 rings (SSSR count). The first-order valence-electron chi connectivity index (χ1n) is 10.1. The van der Waals surface area contributed by atoms with E-state index in [1.165, 1.54) is 0 Å². The molecule has 5 aromatic rings. The summed E-state index contributed by atoms with van der Waals surface area (Å²) in [7, 11) is 1.82. The highest BCUT2D eigenvalue weighted by atomic mass is 16.1. The quantitative estimate of drug-likeness (QED) is 0.423. The van der Waals surface area contributed by atoms with Gasteiger partial charge in [-0.15, -0.1) is 0 Å². The molecule has 0 aliphatic heterocycles. The normalized spacial score (nSPS) is 11.0. The van der Waals surface area contributed by atoms with E-state index >= 15 is 0 Å². The van der Waals surface area contributed by atoms with E-state index in [1.54, 1.807) is 35.6 Å². The minimum atomic E-state index is -0.0552. The van der Waals surface area contributed by atoms with Crippen molar-refractivity contribution in [3.8, 4) is 33.5 Å². The molecule has 0 amide bonds. The Morgan fingerprint density at radius 2 is 1.39 bits per heavy atom. The van der Waals surface area contributed by atoms with Crippen LogP contribution in [0.15, 0.2) is 90.4 Å². The number of pyridine rings is 4. The predicted molar refractivity (Wildman–Crippen MR) is 124 cm³/mol. The first-order chi connectivity index (χ1) is 15.2. The van der Waals surface area contributed by atoms with E-state index in [1.807, 2.05) is 49.5 Å². The summed E-state index contributed by atoms with van der Waals surface area (Å²) in [6.45, 7) is 2.05. The van der Waals surface area contributed by atoms with Crippen LogP contribution in [0, 0.1) is 6.92 Å². The summed E-state index contributed by atoms with van der Waals surface area (Å²) in [6.07, 6.45) is 8.74. The highest BCUT2D eigenvalue weighted by Crippen LogP contribution is 2.40. The summed E-state index contributed by atoms with van der Waals surface area (Å²) < 4.78 is 1.72. The van der Waals surface area contributed by atoms with Crippen molar-refractivity contribution in [3.05, 3.63) is 101 Å². The molecule has 0 spiro atoms. The SMILES string of the molecule is Cc1cccnc1-c1cccc2c1c(-c1ccncc1)c(-c1ccncc1)c(=O)n2C. The third kappa shape index (κ3) is 3.11. The molecule has 0 aliphatic carbocycles. The zero-order valence-corrected chi connectivity index (χ0v) is 17.3. The third-order valence-corrected chi connectivity index (χ3v) is 5.62. The summed E-state index contributed by atoms with van der Waals surface area (Å²) in [5, 5.41) is 0.990. The van der Waals surface area contributed by atoms with Crippen molar-refractivity contribution >= 4 is 10.9 Å². The molecule has 31 heavy (non-hydrogen) atoms. The summed E-state index contributed by atoms with van der Waals surface area (Å²) in [4.78, 5) is 26.6. The minimum absolute atomic E-state index is 0.0552. The van der Waals surface area contributed by atoms with E-state index < -0.39 is 0 Å². The number of hydrogen-bond donors (Lipinski definition) is 0. The fourth-order valence-electron chi connectivity index (χ4n) is 4.15. The highest BCUT2D eigenvalue weighted by molar-refractivity contribution is 6.09. The average Bonchev–Trinajstić information content (AvgIpc) is 2.82. The van der Waals surface area contributed by atoms with Crippen molar-refractivity contribution in [2.24, 2.45) is 7.05 Å². The van der Waals surface area contributed by atoms with Crippen LogP contribution in [0.1, 0.15) is 5.56 Å². The van der Waals surface area contributed by atoms with Crippen LogP contribution in [-0.2, 0) is 7.05 Å². The van der Waals surface area contributed by atoms with Crippen LogP contribution in [0.25, 0.3) is 44.4 Å². The number of aromatic nitrogens is 4. The zero-order valence-electron chi connectivity index (χ0n) is 17.3. The molecule has 0 radical (unpaired) electrons. The first-order valence-corrected chi connectivity index (χ1v) is 10.1. The standard InChI is InChI=1S/C26H20N4O/c1-17-5-4-12-29-25(17)20-6-3-7-21-24(20)22(18-8-13-27-14-9-18)23(26(31)30(21)2)19-10-15-28-16-11-19/h3-16H,1-2H3. The Morgan fingerprint density at radius 3 is 2.03 bits per heavy atom. The second-order valence-electron chi connectivity index (χ2n) is 7.45. The van der Waals surface area contributed by atoms with Gasteiger partial charge in [-0.25, -0.2) is 0 Å². The molecule has 1 aromatic carbocycles. The van der Waals surface area contributed by atoms with E-state index in [0.717, 1.165) is 44.4 Å². The molecule has 0 bridgehead atoms.